The summed E-state index contributed by atoms with van der Waals surface area (Å²) in [6.45, 7) is 4.00. The second kappa shape index (κ2) is 7.28. The number of thiophene rings is 1. The fraction of sp³-hybridized carbons (Fsp3) is 0.526. The maximum atomic E-state index is 13.0. The standard InChI is InChI=1S/C19H23ClN4O2S/c1-11(2)18-22-23(10-17(25)21-12-6-4-3-5-7-12)19(26)14-8-15-13(24(14)18)9-16(20)27-15/h8-9,11-12H,3-7,10H2,1-2H3,(H,21,25). The van der Waals surface area contributed by atoms with Crippen molar-refractivity contribution >= 4 is 44.6 Å². The van der Waals surface area contributed by atoms with E-state index >= 15 is 0 Å². The number of nitrogens with one attached hydrogen (secondary N) is 1. The van der Waals surface area contributed by atoms with E-state index in [0.29, 0.717) is 9.85 Å². The molecule has 1 saturated carbocycles. The van der Waals surface area contributed by atoms with Gasteiger partial charge in [-0.2, -0.15) is 5.10 Å². The SMILES string of the molecule is CC(C)c1nn(CC(=O)NC2CCCCC2)c(=O)c2cc3sc(Cl)cc3n12. The Morgan fingerprint density at radius 1 is 1.30 bits per heavy atom. The highest BCUT2D eigenvalue weighted by molar-refractivity contribution is 7.22. The Kier molecular flexibility index (Phi) is 4.99. The average molecular weight is 407 g/mol. The third kappa shape index (κ3) is 3.50. The molecule has 1 fully saturated rings. The van der Waals surface area contributed by atoms with Gasteiger partial charge in [0.1, 0.15) is 17.9 Å². The van der Waals surface area contributed by atoms with Gasteiger partial charge in [0.25, 0.3) is 5.56 Å². The predicted molar refractivity (Wildman–Crippen MR) is 109 cm³/mol. The summed E-state index contributed by atoms with van der Waals surface area (Å²) in [4.78, 5) is 25.4. The van der Waals surface area contributed by atoms with Crippen LogP contribution in [0, 0.1) is 0 Å². The first-order valence-corrected chi connectivity index (χ1v) is 10.6. The molecule has 3 aromatic heterocycles. The zero-order valence-corrected chi connectivity index (χ0v) is 17.1. The van der Waals surface area contributed by atoms with Gasteiger partial charge in [0.15, 0.2) is 0 Å². The zero-order valence-electron chi connectivity index (χ0n) is 15.5. The van der Waals surface area contributed by atoms with Crippen LogP contribution in [0.3, 0.4) is 0 Å². The Hall–Kier alpha value is -1.86. The molecule has 0 atom stereocenters. The molecule has 0 aromatic carbocycles. The quantitative estimate of drug-likeness (QED) is 0.713. The number of amides is 1. The normalized spacial score (nSPS) is 15.9. The monoisotopic (exact) mass is 406 g/mol. The van der Waals surface area contributed by atoms with E-state index < -0.39 is 0 Å². The van der Waals surface area contributed by atoms with Gasteiger partial charge >= 0.3 is 0 Å². The van der Waals surface area contributed by atoms with Crippen LogP contribution in [0.5, 0.6) is 0 Å². The Morgan fingerprint density at radius 3 is 2.74 bits per heavy atom. The van der Waals surface area contributed by atoms with Crippen LogP contribution in [-0.4, -0.2) is 26.1 Å². The molecule has 6 nitrogen and oxygen atoms in total. The lowest BCUT2D eigenvalue weighted by Crippen LogP contribution is -2.41. The average Bonchev–Trinajstić information content (AvgIpc) is 3.14. The van der Waals surface area contributed by atoms with E-state index in [1.807, 2.05) is 30.4 Å². The van der Waals surface area contributed by atoms with Crippen LogP contribution in [0.1, 0.15) is 57.7 Å². The van der Waals surface area contributed by atoms with Crippen LogP contribution in [0.4, 0.5) is 0 Å². The van der Waals surface area contributed by atoms with Crippen molar-refractivity contribution in [2.45, 2.75) is 64.5 Å². The van der Waals surface area contributed by atoms with Gasteiger partial charge in [0, 0.05) is 12.0 Å². The maximum Gasteiger partial charge on any atom is 0.291 e. The zero-order chi connectivity index (χ0) is 19.1. The van der Waals surface area contributed by atoms with Crippen molar-refractivity contribution in [1.82, 2.24) is 19.5 Å². The van der Waals surface area contributed by atoms with Gasteiger partial charge in [0.05, 0.1) is 14.6 Å². The highest BCUT2D eigenvalue weighted by Crippen LogP contribution is 2.32. The van der Waals surface area contributed by atoms with Crippen LogP contribution in [0.25, 0.3) is 15.7 Å². The van der Waals surface area contributed by atoms with Crippen molar-refractivity contribution in [2.75, 3.05) is 0 Å². The molecule has 0 bridgehead atoms. The number of nitrogens with zero attached hydrogens (tertiary/aromatic N) is 3. The number of carbonyl (C=O) groups is 1. The predicted octanol–water partition coefficient (Wildman–Crippen LogP) is 3.94. The second-order valence-corrected chi connectivity index (χ2v) is 9.26. The maximum absolute atomic E-state index is 13.0. The van der Waals surface area contributed by atoms with Crippen molar-refractivity contribution in [1.29, 1.82) is 0 Å². The van der Waals surface area contributed by atoms with Crippen LogP contribution >= 0.6 is 22.9 Å². The third-order valence-corrected chi connectivity index (χ3v) is 6.35. The Balaban J connectivity index is 1.71. The number of carbonyl (C=O) groups excluding carboxylic acids is 1. The van der Waals surface area contributed by atoms with E-state index in [2.05, 4.69) is 10.4 Å². The summed E-state index contributed by atoms with van der Waals surface area (Å²) < 4.78 is 4.80. The fourth-order valence-corrected chi connectivity index (χ4v) is 5.01. The summed E-state index contributed by atoms with van der Waals surface area (Å²) >= 11 is 7.58. The van der Waals surface area contributed by atoms with Crippen LogP contribution in [-0.2, 0) is 11.3 Å². The molecule has 1 aliphatic carbocycles. The smallest absolute Gasteiger partial charge is 0.291 e. The van der Waals surface area contributed by atoms with Crippen molar-refractivity contribution in [2.24, 2.45) is 0 Å². The molecule has 0 spiro atoms. The van der Waals surface area contributed by atoms with Crippen LogP contribution in [0.2, 0.25) is 4.34 Å². The first-order valence-electron chi connectivity index (χ1n) is 9.45. The first kappa shape index (κ1) is 18.5. The van der Waals surface area contributed by atoms with Gasteiger partial charge in [-0.05, 0) is 25.0 Å². The lowest BCUT2D eigenvalue weighted by Gasteiger charge is -2.23. The Morgan fingerprint density at radius 2 is 2.04 bits per heavy atom. The molecule has 0 saturated heterocycles. The van der Waals surface area contributed by atoms with Crippen molar-refractivity contribution in [3.63, 3.8) is 0 Å². The highest BCUT2D eigenvalue weighted by atomic mass is 35.5. The molecule has 1 aliphatic rings. The summed E-state index contributed by atoms with van der Waals surface area (Å²) in [6, 6.07) is 3.93. The topological polar surface area (TPSA) is 68.4 Å². The van der Waals surface area contributed by atoms with E-state index in [1.54, 1.807) is 0 Å². The van der Waals surface area contributed by atoms with E-state index in [9.17, 15) is 9.59 Å². The van der Waals surface area contributed by atoms with Gasteiger partial charge in [-0.25, -0.2) is 4.68 Å². The number of hydrogen-bond donors (Lipinski definition) is 1. The van der Waals surface area contributed by atoms with Crippen LogP contribution in [0.15, 0.2) is 16.9 Å². The minimum atomic E-state index is -0.252. The molecule has 8 heteroatoms. The van der Waals surface area contributed by atoms with Gasteiger partial charge in [-0.1, -0.05) is 44.7 Å². The lowest BCUT2D eigenvalue weighted by molar-refractivity contribution is -0.122. The third-order valence-electron chi connectivity index (χ3n) is 5.15. The molecule has 4 rings (SSSR count). The molecule has 1 N–H and O–H groups in total. The molecule has 0 aliphatic heterocycles. The number of fused-ring (bicyclic) bond motifs is 3. The summed E-state index contributed by atoms with van der Waals surface area (Å²) in [7, 11) is 0. The molecule has 1 amide bonds. The molecule has 0 radical (unpaired) electrons. The lowest BCUT2D eigenvalue weighted by atomic mass is 9.95. The summed E-state index contributed by atoms with van der Waals surface area (Å²) in [5.41, 5.74) is 1.18. The fourth-order valence-electron chi connectivity index (χ4n) is 3.85. The number of halogens is 1. The first-order chi connectivity index (χ1) is 12.9. The van der Waals surface area contributed by atoms with Crippen molar-refractivity contribution in [3.05, 3.63) is 32.6 Å². The Bertz CT molecular complexity index is 1060. The van der Waals surface area contributed by atoms with E-state index in [1.165, 1.54) is 22.4 Å². The molecule has 27 heavy (non-hydrogen) atoms. The van der Waals surface area contributed by atoms with E-state index in [4.69, 9.17) is 11.6 Å². The highest BCUT2D eigenvalue weighted by Gasteiger charge is 2.20. The minimum Gasteiger partial charge on any atom is -0.352 e. The van der Waals surface area contributed by atoms with Gasteiger partial charge in [0.2, 0.25) is 5.91 Å². The second-order valence-electron chi connectivity index (χ2n) is 7.54. The molecule has 3 heterocycles. The van der Waals surface area contributed by atoms with Gasteiger partial charge in [-0.3, -0.25) is 14.0 Å². The van der Waals surface area contributed by atoms with Crippen molar-refractivity contribution in [3.8, 4) is 0 Å². The van der Waals surface area contributed by atoms with E-state index in [0.717, 1.165) is 41.7 Å². The molecular formula is C19H23ClN4O2S. The number of rotatable bonds is 4. The summed E-state index contributed by atoms with van der Waals surface area (Å²) in [5, 5.41) is 7.59. The molecule has 0 unspecified atom stereocenters. The van der Waals surface area contributed by atoms with Gasteiger partial charge < -0.3 is 5.32 Å². The molecular weight excluding hydrogens is 384 g/mol. The summed E-state index contributed by atoms with van der Waals surface area (Å²) in [6.07, 6.45) is 5.56. The number of aromatic nitrogens is 3. The largest absolute Gasteiger partial charge is 0.352 e. The summed E-state index contributed by atoms with van der Waals surface area (Å²) in [5.74, 6) is 0.696. The minimum absolute atomic E-state index is 0.0505. The van der Waals surface area contributed by atoms with E-state index in [-0.39, 0.29) is 30.0 Å². The molecule has 3 aromatic rings. The Labute approximate surface area is 166 Å². The number of hydrogen-bond acceptors (Lipinski definition) is 4. The molecule has 144 valence electrons. The van der Waals surface area contributed by atoms with Gasteiger partial charge in [-0.15, -0.1) is 11.3 Å². The van der Waals surface area contributed by atoms with Crippen LogP contribution < -0.4 is 10.9 Å². The van der Waals surface area contributed by atoms with Crippen molar-refractivity contribution < 1.29 is 4.79 Å².